The highest BCUT2D eigenvalue weighted by Gasteiger charge is 2.15. The molecule has 0 unspecified atom stereocenters. The fraction of sp³-hybridized carbons (Fsp3) is 0.107. The van der Waals surface area contributed by atoms with Gasteiger partial charge in [-0.25, -0.2) is 0 Å². The normalized spacial score (nSPS) is 10.9. The van der Waals surface area contributed by atoms with Gasteiger partial charge in [0.2, 0.25) is 0 Å². The van der Waals surface area contributed by atoms with Gasteiger partial charge in [0.25, 0.3) is 5.91 Å². The van der Waals surface area contributed by atoms with Crippen LogP contribution in [0.4, 0.5) is 5.82 Å². The number of anilines is 1. The van der Waals surface area contributed by atoms with E-state index in [9.17, 15) is 4.79 Å². The number of aryl methyl sites for hydroxylation is 1. The number of aromatic nitrogens is 3. The van der Waals surface area contributed by atoms with Gasteiger partial charge in [0.15, 0.2) is 5.82 Å². The Labute approximate surface area is 208 Å². The first-order valence-corrected chi connectivity index (χ1v) is 11.6. The highest BCUT2D eigenvalue weighted by Crippen LogP contribution is 2.26. The first kappa shape index (κ1) is 22.6. The molecule has 5 aromatic rings. The van der Waals surface area contributed by atoms with Crippen LogP contribution in [-0.4, -0.2) is 20.7 Å². The number of nitrogens with zero attached hydrogens (tertiary/aromatic N) is 3. The van der Waals surface area contributed by atoms with Crippen molar-refractivity contribution >= 4 is 34.1 Å². The van der Waals surface area contributed by atoms with E-state index in [2.05, 4.69) is 15.4 Å². The molecule has 35 heavy (non-hydrogen) atoms. The van der Waals surface area contributed by atoms with E-state index in [1.54, 1.807) is 6.20 Å². The predicted molar refractivity (Wildman–Crippen MR) is 138 cm³/mol. The molecule has 0 aliphatic rings. The van der Waals surface area contributed by atoms with Crippen molar-refractivity contribution in [1.29, 1.82) is 0 Å². The van der Waals surface area contributed by atoms with Crippen LogP contribution in [0.2, 0.25) is 5.02 Å². The smallest absolute Gasteiger partial charge is 0.276 e. The third-order valence-corrected chi connectivity index (χ3v) is 5.93. The van der Waals surface area contributed by atoms with E-state index in [0.717, 1.165) is 33.3 Å². The number of pyridine rings is 1. The van der Waals surface area contributed by atoms with E-state index in [1.807, 2.05) is 96.5 Å². The molecule has 0 aliphatic heterocycles. The van der Waals surface area contributed by atoms with Gasteiger partial charge in [-0.15, -0.1) is 0 Å². The summed E-state index contributed by atoms with van der Waals surface area (Å²) in [5.41, 5.74) is 3.23. The number of ether oxygens (including phenoxy) is 1. The van der Waals surface area contributed by atoms with Crippen molar-refractivity contribution in [3.8, 4) is 5.75 Å². The zero-order valence-corrected chi connectivity index (χ0v) is 19.9. The zero-order valence-electron chi connectivity index (χ0n) is 19.1. The molecule has 5 rings (SSSR count). The summed E-state index contributed by atoms with van der Waals surface area (Å²) in [6.45, 7) is 2.83. The van der Waals surface area contributed by atoms with Gasteiger partial charge in [-0.1, -0.05) is 66.2 Å². The summed E-state index contributed by atoms with van der Waals surface area (Å²) in [5, 5.41) is 9.85. The minimum Gasteiger partial charge on any atom is -0.489 e. The van der Waals surface area contributed by atoms with Crippen LogP contribution in [0.1, 0.15) is 27.3 Å². The minimum atomic E-state index is -0.305. The maximum Gasteiger partial charge on any atom is 0.276 e. The minimum absolute atomic E-state index is 0.305. The summed E-state index contributed by atoms with van der Waals surface area (Å²) in [6, 6.07) is 26.9. The summed E-state index contributed by atoms with van der Waals surface area (Å²) in [4.78, 5) is 17.3. The zero-order chi connectivity index (χ0) is 24.2. The molecule has 0 saturated heterocycles. The van der Waals surface area contributed by atoms with Gasteiger partial charge in [0.05, 0.1) is 6.54 Å². The van der Waals surface area contributed by atoms with Crippen molar-refractivity contribution in [1.82, 2.24) is 14.8 Å². The molecular formula is C28H23ClN4O2. The van der Waals surface area contributed by atoms with E-state index in [-0.39, 0.29) is 5.91 Å². The van der Waals surface area contributed by atoms with Crippen LogP contribution in [0.3, 0.4) is 0 Å². The molecule has 2 aromatic heterocycles. The summed E-state index contributed by atoms with van der Waals surface area (Å²) < 4.78 is 7.90. The largest absolute Gasteiger partial charge is 0.489 e. The highest BCUT2D eigenvalue weighted by atomic mass is 35.5. The number of halogens is 1. The van der Waals surface area contributed by atoms with Gasteiger partial charge in [0, 0.05) is 33.9 Å². The van der Waals surface area contributed by atoms with Gasteiger partial charge in [-0.2, -0.15) is 5.10 Å². The monoisotopic (exact) mass is 482 g/mol. The molecule has 0 spiro atoms. The summed E-state index contributed by atoms with van der Waals surface area (Å²) in [5.74, 6) is 0.885. The first-order chi connectivity index (χ1) is 17.1. The molecule has 0 fully saturated rings. The number of hydrogen-bond donors (Lipinski definition) is 1. The Morgan fingerprint density at radius 1 is 1.00 bits per heavy atom. The Hall–Kier alpha value is -4.16. The molecule has 1 amide bonds. The number of nitrogens with one attached hydrogen (secondary N) is 1. The topological polar surface area (TPSA) is 69.0 Å². The Morgan fingerprint density at radius 3 is 2.66 bits per heavy atom. The fourth-order valence-electron chi connectivity index (χ4n) is 3.92. The molecule has 7 heteroatoms. The Kier molecular flexibility index (Phi) is 6.46. The molecule has 0 saturated carbocycles. The lowest BCUT2D eigenvalue weighted by Crippen LogP contribution is -2.15. The second-order valence-electron chi connectivity index (χ2n) is 8.19. The molecule has 0 atom stereocenters. The van der Waals surface area contributed by atoms with Gasteiger partial charge >= 0.3 is 0 Å². The van der Waals surface area contributed by atoms with Crippen LogP contribution in [0.25, 0.3) is 10.8 Å². The Balaban J connectivity index is 1.34. The Bertz CT molecular complexity index is 1490. The number of amides is 1. The number of carbonyl (C=O) groups is 1. The van der Waals surface area contributed by atoms with Crippen molar-refractivity contribution in [2.75, 3.05) is 5.32 Å². The molecule has 0 radical (unpaired) electrons. The van der Waals surface area contributed by atoms with Crippen molar-refractivity contribution in [2.45, 2.75) is 20.1 Å². The predicted octanol–water partition coefficient (Wildman–Crippen LogP) is 6.27. The van der Waals surface area contributed by atoms with E-state index in [4.69, 9.17) is 16.3 Å². The van der Waals surface area contributed by atoms with Gasteiger partial charge in [-0.05, 0) is 42.1 Å². The summed E-state index contributed by atoms with van der Waals surface area (Å²) in [7, 11) is 0. The second kappa shape index (κ2) is 9.99. The molecule has 0 bridgehead atoms. The second-order valence-corrected chi connectivity index (χ2v) is 8.63. The van der Waals surface area contributed by atoms with E-state index < -0.39 is 0 Å². The molecule has 1 N–H and O–H groups in total. The van der Waals surface area contributed by atoms with Gasteiger partial charge < -0.3 is 10.1 Å². The molecule has 174 valence electrons. The van der Waals surface area contributed by atoms with Gasteiger partial charge in [0.1, 0.15) is 18.1 Å². The molecule has 0 aliphatic carbocycles. The number of carbonyl (C=O) groups excluding carboxylic acids is 1. The van der Waals surface area contributed by atoms with Crippen LogP contribution >= 0.6 is 11.6 Å². The lowest BCUT2D eigenvalue weighted by Gasteiger charge is -2.13. The van der Waals surface area contributed by atoms with Crippen molar-refractivity contribution < 1.29 is 9.53 Å². The highest BCUT2D eigenvalue weighted by molar-refractivity contribution is 6.30. The first-order valence-electron chi connectivity index (χ1n) is 11.2. The van der Waals surface area contributed by atoms with Crippen LogP contribution in [0.5, 0.6) is 5.75 Å². The van der Waals surface area contributed by atoms with Crippen molar-refractivity contribution in [3.63, 3.8) is 0 Å². The molecule has 3 aromatic carbocycles. The number of benzene rings is 3. The van der Waals surface area contributed by atoms with Crippen LogP contribution in [-0.2, 0) is 13.2 Å². The third kappa shape index (κ3) is 5.18. The SMILES string of the molecule is Cc1cc(NC(=O)c2nccc3ccccc23)nn1Cc1cc(Cl)ccc1OCc1ccccc1. The Morgan fingerprint density at radius 2 is 1.80 bits per heavy atom. The lowest BCUT2D eigenvalue weighted by molar-refractivity contribution is 0.102. The molecular weight excluding hydrogens is 460 g/mol. The standard InChI is InChI=1S/C28H23ClN4O2/c1-19-15-26(31-28(34)27-24-10-6-5-9-21(24)13-14-30-27)32-33(19)17-22-16-23(29)11-12-25(22)35-18-20-7-3-2-4-8-20/h2-16H,17-18H2,1H3,(H,31,32,34). The van der Waals surface area contributed by atoms with Crippen LogP contribution in [0.15, 0.2) is 91.1 Å². The van der Waals surface area contributed by atoms with Crippen LogP contribution < -0.4 is 10.1 Å². The van der Waals surface area contributed by atoms with E-state index in [1.165, 1.54) is 0 Å². The number of hydrogen-bond acceptors (Lipinski definition) is 4. The maximum atomic E-state index is 13.0. The lowest BCUT2D eigenvalue weighted by atomic mass is 10.1. The van der Waals surface area contributed by atoms with E-state index in [0.29, 0.717) is 29.7 Å². The summed E-state index contributed by atoms with van der Waals surface area (Å²) in [6.07, 6.45) is 1.64. The maximum absolute atomic E-state index is 13.0. The molecule has 6 nitrogen and oxygen atoms in total. The number of fused-ring (bicyclic) bond motifs is 1. The number of rotatable bonds is 7. The quantitative estimate of drug-likeness (QED) is 0.296. The van der Waals surface area contributed by atoms with Crippen LogP contribution in [0, 0.1) is 6.92 Å². The average Bonchev–Trinajstić information content (AvgIpc) is 3.21. The van der Waals surface area contributed by atoms with E-state index >= 15 is 0 Å². The van der Waals surface area contributed by atoms with Crippen molar-refractivity contribution in [2.24, 2.45) is 0 Å². The van der Waals surface area contributed by atoms with Gasteiger partial charge in [-0.3, -0.25) is 14.5 Å². The summed E-state index contributed by atoms with van der Waals surface area (Å²) >= 11 is 6.28. The molecule has 2 heterocycles. The van der Waals surface area contributed by atoms with Crippen molar-refractivity contribution in [3.05, 3.63) is 119 Å². The third-order valence-electron chi connectivity index (χ3n) is 5.69. The fourth-order valence-corrected chi connectivity index (χ4v) is 4.11. The average molecular weight is 483 g/mol.